The molecule has 2 amide bonds. The monoisotopic (exact) mass is 602 g/mol. The summed E-state index contributed by atoms with van der Waals surface area (Å²) in [6.45, 7) is 1.56. The van der Waals surface area contributed by atoms with Gasteiger partial charge in [-0.3, -0.25) is 9.59 Å². The Morgan fingerprint density at radius 2 is 1.77 bits per heavy atom. The smallest absolute Gasteiger partial charge is 0.266 e. The predicted octanol–water partition coefficient (Wildman–Crippen LogP) is 4.25. The molecule has 0 radical (unpaired) electrons. The van der Waals surface area contributed by atoms with Gasteiger partial charge < -0.3 is 20.8 Å². The molecule has 0 spiro atoms. The van der Waals surface area contributed by atoms with Crippen LogP contribution in [0.5, 0.6) is 0 Å². The molecule has 0 aromatic heterocycles. The first kappa shape index (κ1) is 30.3. The summed E-state index contributed by atoms with van der Waals surface area (Å²) in [5.74, 6) is -3.25. The Kier molecular flexibility index (Phi) is 8.84. The van der Waals surface area contributed by atoms with Crippen LogP contribution < -0.4 is 10.6 Å². The van der Waals surface area contributed by atoms with Crippen molar-refractivity contribution in [1.29, 1.82) is 0 Å². The van der Waals surface area contributed by atoms with Crippen molar-refractivity contribution >= 4 is 38.9 Å². The number of aliphatic hydroxyl groups excluding tert-OH is 1. The summed E-state index contributed by atoms with van der Waals surface area (Å²) < 4.78 is 67.1. The van der Waals surface area contributed by atoms with Crippen molar-refractivity contribution in [2.45, 2.75) is 67.3 Å². The first-order chi connectivity index (χ1) is 18.7. The highest BCUT2D eigenvalue weighted by molar-refractivity contribution is 7.92. The predicted molar refractivity (Wildman–Crippen MR) is 141 cm³/mol. The number of alkyl halides is 2. The lowest BCUT2D eigenvalue weighted by Gasteiger charge is -2.42. The van der Waals surface area contributed by atoms with Gasteiger partial charge in [-0.25, -0.2) is 21.6 Å². The number of fused-ring (bicyclic) bond motifs is 2. The fourth-order valence-corrected chi connectivity index (χ4v) is 8.17. The van der Waals surface area contributed by atoms with E-state index >= 15 is 0 Å². The Balaban J connectivity index is 1.52. The van der Waals surface area contributed by atoms with Gasteiger partial charge >= 0.3 is 0 Å². The summed E-state index contributed by atoms with van der Waals surface area (Å²) in [5, 5.41) is 24.7. The average Bonchev–Trinajstić information content (AvgIpc) is 3.04. The van der Waals surface area contributed by atoms with Crippen molar-refractivity contribution < 1.29 is 41.4 Å². The molecule has 2 aromatic rings. The number of hydrogen-bond donors (Lipinski definition) is 4. The number of carbonyl (C=O) groups is 2. The van der Waals surface area contributed by atoms with Crippen LogP contribution in [0.15, 0.2) is 41.3 Å². The highest BCUT2D eigenvalue weighted by Gasteiger charge is 2.56. The zero-order valence-electron chi connectivity index (χ0n) is 21.5. The van der Waals surface area contributed by atoms with Gasteiger partial charge in [0.15, 0.2) is 9.84 Å². The molecule has 1 unspecified atom stereocenters. The van der Waals surface area contributed by atoms with Gasteiger partial charge in [0.2, 0.25) is 5.91 Å². The molecule has 2 saturated carbocycles. The summed E-state index contributed by atoms with van der Waals surface area (Å²) in [6, 6.07) is 6.34. The molecule has 0 aliphatic heterocycles. The minimum Gasteiger partial charge on any atom is -0.392 e. The second kappa shape index (κ2) is 11.7. The van der Waals surface area contributed by atoms with Crippen LogP contribution in [-0.2, 0) is 14.6 Å². The van der Waals surface area contributed by atoms with E-state index in [0.29, 0.717) is 12.8 Å². The van der Waals surface area contributed by atoms with E-state index in [2.05, 4.69) is 10.6 Å². The number of benzene rings is 2. The summed E-state index contributed by atoms with van der Waals surface area (Å²) in [6.07, 6.45) is -2.75. The number of halogens is 4. The van der Waals surface area contributed by atoms with Crippen molar-refractivity contribution in [3.05, 3.63) is 58.4 Å². The van der Waals surface area contributed by atoms with E-state index in [4.69, 9.17) is 11.6 Å². The zero-order valence-corrected chi connectivity index (χ0v) is 23.1. The molecule has 218 valence electrons. The third-order valence-corrected chi connectivity index (χ3v) is 10.5. The zero-order chi connectivity index (χ0) is 29.4. The molecule has 5 atom stereocenters. The van der Waals surface area contributed by atoms with Crippen LogP contribution in [0.25, 0.3) is 0 Å². The molecule has 2 fully saturated rings. The van der Waals surface area contributed by atoms with E-state index in [1.165, 1.54) is 19.1 Å². The van der Waals surface area contributed by atoms with Crippen molar-refractivity contribution in [1.82, 2.24) is 5.32 Å². The van der Waals surface area contributed by atoms with Crippen molar-refractivity contribution in [3.8, 4) is 0 Å². The number of aliphatic hydroxyl groups is 2. The Morgan fingerprint density at radius 3 is 2.38 bits per heavy atom. The molecule has 0 saturated heterocycles. The van der Waals surface area contributed by atoms with Gasteiger partial charge in [0.05, 0.1) is 38.9 Å². The maximum atomic E-state index is 13.7. The number of amides is 2. The number of anilines is 1. The van der Waals surface area contributed by atoms with Crippen molar-refractivity contribution in [3.63, 3.8) is 0 Å². The second-order valence-electron chi connectivity index (χ2n) is 10.6. The Hall–Kier alpha value is -2.67. The fraction of sp³-hybridized carbons (Fsp3) is 0.481. The number of sulfone groups is 1. The van der Waals surface area contributed by atoms with Crippen LogP contribution in [0.2, 0.25) is 5.02 Å². The maximum absolute atomic E-state index is 13.7. The lowest BCUT2D eigenvalue weighted by molar-refractivity contribution is -0.133. The topological polar surface area (TPSA) is 133 Å². The van der Waals surface area contributed by atoms with Crippen LogP contribution in [-0.4, -0.2) is 53.9 Å². The molecule has 0 heterocycles. The normalized spacial score (nSPS) is 25.1. The summed E-state index contributed by atoms with van der Waals surface area (Å²) in [7, 11) is -4.08. The Morgan fingerprint density at radius 1 is 1.12 bits per heavy atom. The number of nitrogens with one attached hydrogen (secondary N) is 2. The highest BCUT2D eigenvalue weighted by atomic mass is 35.5. The molecular weight excluding hydrogens is 573 g/mol. The molecule has 40 heavy (non-hydrogen) atoms. The maximum Gasteiger partial charge on any atom is 0.266 e. The van der Waals surface area contributed by atoms with Crippen LogP contribution in [0.1, 0.15) is 61.4 Å². The summed E-state index contributed by atoms with van der Waals surface area (Å²) in [4.78, 5) is 24.9. The van der Waals surface area contributed by atoms with Crippen molar-refractivity contribution in [2.24, 2.45) is 11.8 Å². The van der Waals surface area contributed by atoms with Crippen LogP contribution in [0.4, 0.5) is 18.9 Å². The van der Waals surface area contributed by atoms with Gasteiger partial charge in [0.25, 0.3) is 12.3 Å². The first-order valence-corrected chi connectivity index (χ1v) is 14.7. The summed E-state index contributed by atoms with van der Waals surface area (Å²) >= 11 is 6.25. The molecule has 8 nitrogen and oxygen atoms in total. The SMILES string of the molecule is C[C@H](O)CNC(=O)C[C@@]1(O)C2CC[C@H]1C[C@H](S(=O)(=O)c1cc(C(=O)Nc3ccc(F)c(C(F)F)c3)ccc1Cl)C2. The second-order valence-corrected chi connectivity index (χ2v) is 13.2. The lowest BCUT2D eigenvalue weighted by Crippen LogP contribution is -2.51. The van der Waals surface area contributed by atoms with Crippen LogP contribution in [0.3, 0.4) is 0 Å². The first-order valence-electron chi connectivity index (χ1n) is 12.8. The van der Waals surface area contributed by atoms with Gasteiger partial charge in [0, 0.05) is 17.8 Å². The Bertz CT molecular complexity index is 1390. The highest BCUT2D eigenvalue weighted by Crippen LogP contribution is 2.53. The number of carbonyl (C=O) groups excluding carboxylic acids is 2. The third-order valence-electron chi connectivity index (χ3n) is 7.84. The number of hydrogen-bond acceptors (Lipinski definition) is 6. The lowest BCUT2D eigenvalue weighted by atomic mass is 9.72. The molecule has 2 bridgehead atoms. The largest absolute Gasteiger partial charge is 0.392 e. The molecule has 2 aliphatic carbocycles. The molecular formula is C27H30ClF3N2O6S. The molecule has 4 rings (SSSR count). The fourth-order valence-electron chi connectivity index (χ4n) is 5.77. The van der Waals surface area contributed by atoms with Gasteiger partial charge in [-0.1, -0.05) is 11.6 Å². The van der Waals surface area contributed by atoms with Gasteiger partial charge in [0.1, 0.15) is 5.82 Å². The van der Waals surface area contributed by atoms with E-state index in [9.17, 15) is 41.4 Å². The van der Waals surface area contributed by atoms with E-state index in [1.54, 1.807) is 0 Å². The quantitative estimate of drug-likeness (QED) is 0.339. The molecule has 2 aliphatic rings. The van der Waals surface area contributed by atoms with Gasteiger partial charge in [-0.2, -0.15) is 0 Å². The van der Waals surface area contributed by atoms with E-state index in [-0.39, 0.29) is 47.0 Å². The number of rotatable bonds is 9. The molecule has 13 heteroatoms. The molecule has 4 N–H and O–H groups in total. The third kappa shape index (κ3) is 6.14. The van der Waals surface area contributed by atoms with Gasteiger partial charge in [-0.05, 0) is 80.8 Å². The minimum absolute atomic E-state index is 0.0399. The van der Waals surface area contributed by atoms with E-state index < -0.39 is 68.2 Å². The molecule has 2 aromatic carbocycles. The van der Waals surface area contributed by atoms with E-state index in [0.717, 1.165) is 24.3 Å². The summed E-state index contributed by atoms with van der Waals surface area (Å²) in [5.41, 5.74) is -2.45. The average molecular weight is 603 g/mol. The Labute approximate surface area is 234 Å². The minimum atomic E-state index is -4.08. The van der Waals surface area contributed by atoms with Gasteiger partial charge in [-0.15, -0.1) is 0 Å². The van der Waals surface area contributed by atoms with Crippen molar-refractivity contribution in [2.75, 3.05) is 11.9 Å². The standard InChI is InChI=1S/C27H30ClF3N2O6S/c1-14(34)13-32-24(35)12-27(37)16-3-4-17(27)10-19(9-16)40(38,39)23-8-15(2-6-21(23)28)26(36)33-18-5-7-22(29)20(11-18)25(30)31/h2,5-8,11,14,16-17,19,25,34,37H,3-4,9-10,12-13H2,1H3,(H,32,35)(H,33,36)/t14-,16-,17?,19-,27-/m0/s1. The van der Waals surface area contributed by atoms with Crippen LogP contribution in [0, 0.1) is 17.7 Å². The van der Waals surface area contributed by atoms with E-state index in [1.807, 2.05) is 0 Å². The van der Waals surface area contributed by atoms with Crippen LogP contribution >= 0.6 is 11.6 Å².